The summed E-state index contributed by atoms with van der Waals surface area (Å²) in [6.45, 7) is 2.11. The number of benzene rings is 2. The van der Waals surface area contributed by atoms with Crippen LogP contribution >= 0.6 is 15.9 Å². The van der Waals surface area contributed by atoms with Gasteiger partial charge in [-0.05, 0) is 54.5 Å². The minimum absolute atomic E-state index is 0.193. The van der Waals surface area contributed by atoms with Crippen molar-refractivity contribution in [2.24, 2.45) is 0 Å². The van der Waals surface area contributed by atoms with Crippen LogP contribution in [0.2, 0.25) is 0 Å². The third kappa shape index (κ3) is 4.49. The van der Waals surface area contributed by atoms with E-state index in [4.69, 9.17) is 5.73 Å². The van der Waals surface area contributed by atoms with Crippen molar-refractivity contribution in [1.82, 2.24) is 4.98 Å². The number of aryl methyl sites for hydroxylation is 1. The van der Waals surface area contributed by atoms with Crippen LogP contribution in [0.1, 0.15) is 24.6 Å². The van der Waals surface area contributed by atoms with Crippen LogP contribution in [0.5, 0.6) is 0 Å². The van der Waals surface area contributed by atoms with E-state index in [1.165, 1.54) is 6.08 Å². The highest BCUT2D eigenvalue weighted by molar-refractivity contribution is 9.10. The van der Waals surface area contributed by atoms with E-state index in [1.807, 2.05) is 48.5 Å². The van der Waals surface area contributed by atoms with Crippen LogP contribution in [0.15, 0.2) is 59.1 Å². The molecule has 0 radical (unpaired) electrons. The van der Waals surface area contributed by atoms with E-state index in [-0.39, 0.29) is 5.91 Å². The maximum Gasteiger partial charge on any atom is 0.248 e. The molecule has 2 aromatic carbocycles. The number of nitrogens with two attached hydrogens (primary N) is 1. The van der Waals surface area contributed by atoms with E-state index in [2.05, 4.69) is 33.2 Å². The quantitative estimate of drug-likeness (QED) is 0.570. The van der Waals surface area contributed by atoms with E-state index in [1.54, 1.807) is 6.08 Å². The van der Waals surface area contributed by atoms with Crippen LogP contribution in [0.25, 0.3) is 17.0 Å². The van der Waals surface area contributed by atoms with Gasteiger partial charge in [-0.1, -0.05) is 41.4 Å². The highest BCUT2D eigenvalue weighted by atomic mass is 79.9. The molecule has 132 valence electrons. The van der Waals surface area contributed by atoms with Gasteiger partial charge in [0.25, 0.3) is 0 Å². The number of halogens is 1. The molecule has 1 heterocycles. The number of nitrogen functional groups attached to an aromatic ring is 1. The summed E-state index contributed by atoms with van der Waals surface area (Å²) in [6.07, 6.45) is 5.21. The van der Waals surface area contributed by atoms with Crippen molar-refractivity contribution in [3.63, 3.8) is 0 Å². The molecule has 1 aromatic heterocycles. The van der Waals surface area contributed by atoms with Gasteiger partial charge in [0.05, 0.1) is 5.52 Å². The average Bonchev–Trinajstić information content (AvgIpc) is 2.62. The predicted molar refractivity (Wildman–Crippen MR) is 112 cm³/mol. The molecular formula is C21H20BrN3O. The first kappa shape index (κ1) is 18.1. The predicted octanol–water partition coefficient (Wildman–Crippen LogP) is 5.18. The maximum atomic E-state index is 12.2. The van der Waals surface area contributed by atoms with Crippen molar-refractivity contribution in [3.8, 4) is 0 Å². The van der Waals surface area contributed by atoms with E-state index in [0.29, 0.717) is 11.4 Å². The van der Waals surface area contributed by atoms with Gasteiger partial charge in [0, 0.05) is 33.0 Å². The number of amides is 1. The Morgan fingerprint density at radius 3 is 2.69 bits per heavy atom. The minimum atomic E-state index is -0.193. The molecular weight excluding hydrogens is 390 g/mol. The Hall–Kier alpha value is -2.66. The Morgan fingerprint density at radius 1 is 1.19 bits per heavy atom. The number of nitrogens with one attached hydrogen (secondary N) is 1. The molecule has 5 heteroatoms. The summed E-state index contributed by atoms with van der Waals surface area (Å²) in [5.74, 6) is -0.193. The van der Waals surface area contributed by atoms with Crippen LogP contribution < -0.4 is 11.1 Å². The van der Waals surface area contributed by atoms with Gasteiger partial charge in [0.1, 0.15) is 0 Å². The van der Waals surface area contributed by atoms with Gasteiger partial charge in [0.15, 0.2) is 0 Å². The zero-order valence-electron chi connectivity index (χ0n) is 14.5. The van der Waals surface area contributed by atoms with Gasteiger partial charge in [-0.2, -0.15) is 0 Å². The van der Waals surface area contributed by atoms with Crippen molar-refractivity contribution < 1.29 is 4.79 Å². The number of rotatable bonds is 5. The molecule has 0 aliphatic rings. The van der Waals surface area contributed by atoms with Gasteiger partial charge in [-0.15, -0.1) is 0 Å². The Balaban J connectivity index is 1.75. The smallest absolute Gasteiger partial charge is 0.248 e. The van der Waals surface area contributed by atoms with E-state index >= 15 is 0 Å². The largest absolute Gasteiger partial charge is 0.398 e. The third-order valence-electron chi connectivity index (χ3n) is 3.96. The van der Waals surface area contributed by atoms with Crippen LogP contribution in [-0.2, 0) is 11.2 Å². The second-order valence-electron chi connectivity index (χ2n) is 6.06. The first-order valence-corrected chi connectivity index (χ1v) is 9.28. The van der Waals surface area contributed by atoms with E-state index in [0.717, 1.165) is 39.5 Å². The number of nitrogens with zero attached hydrogens (tertiary/aromatic N) is 1. The summed E-state index contributed by atoms with van der Waals surface area (Å²) in [7, 11) is 0. The number of pyridine rings is 1. The number of aromatic nitrogens is 1. The zero-order valence-corrected chi connectivity index (χ0v) is 16.1. The van der Waals surface area contributed by atoms with Crippen molar-refractivity contribution in [3.05, 3.63) is 70.3 Å². The molecule has 0 saturated heterocycles. The molecule has 0 saturated carbocycles. The first-order chi connectivity index (χ1) is 12.5. The van der Waals surface area contributed by atoms with Crippen LogP contribution in [0.3, 0.4) is 0 Å². The Labute approximate surface area is 161 Å². The Bertz CT molecular complexity index is 965. The number of carbonyl (C=O) groups excluding carboxylic acids is 1. The standard InChI is InChI=1S/C21H20BrN3O/c1-2-3-16-13-19(23)18-12-17(9-10-20(18)24-16)25-21(26)11-6-14-4-7-15(22)8-5-14/h4-13H,2-3H2,1H3,(H2,23,24)(H,25,26)/b11-6+. The van der Waals surface area contributed by atoms with Crippen LogP contribution in [0.4, 0.5) is 11.4 Å². The van der Waals surface area contributed by atoms with Gasteiger partial charge >= 0.3 is 0 Å². The summed E-state index contributed by atoms with van der Waals surface area (Å²) in [5, 5.41) is 3.71. The second kappa shape index (κ2) is 8.15. The highest BCUT2D eigenvalue weighted by Gasteiger charge is 2.06. The van der Waals surface area contributed by atoms with Crippen molar-refractivity contribution >= 4 is 50.2 Å². The number of anilines is 2. The SMILES string of the molecule is CCCc1cc(N)c2cc(NC(=O)/C=C/c3ccc(Br)cc3)ccc2n1. The molecule has 4 nitrogen and oxygen atoms in total. The average molecular weight is 410 g/mol. The Morgan fingerprint density at radius 2 is 1.96 bits per heavy atom. The van der Waals surface area contributed by atoms with Gasteiger partial charge < -0.3 is 11.1 Å². The summed E-state index contributed by atoms with van der Waals surface area (Å²) in [6, 6.07) is 15.2. The molecule has 0 atom stereocenters. The fourth-order valence-electron chi connectivity index (χ4n) is 2.70. The summed E-state index contributed by atoms with van der Waals surface area (Å²) in [4.78, 5) is 16.8. The molecule has 3 rings (SSSR count). The lowest BCUT2D eigenvalue weighted by atomic mass is 10.1. The van der Waals surface area contributed by atoms with Crippen molar-refractivity contribution in [2.45, 2.75) is 19.8 Å². The molecule has 0 spiro atoms. The summed E-state index contributed by atoms with van der Waals surface area (Å²) in [5.41, 5.74) is 10.3. The van der Waals surface area contributed by atoms with Crippen LogP contribution in [-0.4, -0.2) is 10.9 Å². The lowest BCUT2D eigenvalue weighted by Gasteiger charge is -2.08. The van der Waals surface area contributed by atoms with Crippen LogP contribution in [0, 0.1) is 0 Å². The summed E-state index contributed by atoms with van der Waals surface area (Å²) < 4.78 is 1.00. The van der Waals surface area contributed by atoms with E-state index < -0.39 is 0 Å². The van der Waals surface area contributed by atoms with Crippen molar-refractivity contribution in [1.29, 1.82) is 0 Å². The fourth-order valence-corrected chi connectivity index (χ4v) is 2.97. The molecule has 0 unspecified atom stereocenters. The lowest BCUT2D eigenvalue weighted by molar-refractivity contribution is -0.111. The van der Waals surface area contributed by atoms with Crippen molar-refractivity contribution in [2.75, 3.05) is 11.1 Å². The normalized spacial score (nSPS) is 11.2. The molecule has 3 aromatic rings. The Kier molecular flexibility index (Phi) is 5.68. The number of carbonyl (C=O) groups is 1. The molecule has 0 fully saturated rings. The minimum Gasteiger partial charge on any atom is -0.398 e. The molecule has 3 N–H and O–H groups in total. The topological polar surface area (TPSA) is 68.0 Å². The fraction of sp³-hybridized carbons (Fsp3) is 0.143. The number of hydrogen-bond donors (Lipinski definition) is 2. The first-order valence-electron chi connectivity index (χ1n) is 8.49. The highest BCUT2D eigenvalue weighted by Crippen LogP contribution is 2.24. The number of hydrogen-bond acceptors (Lipinski definition) is 3. The molecule has 1 amide bonds. The third-order valence-corrected chi connectivity index (χ3v) is 4.49. The molecule has 0 aliphatic carbocycles. The zero-order chi connectivity index (χ0) is 18.5. The van der Waals surface area contributed by atoms with E-state index in [9.17, 15) is 4.79 Å². The lowest BCUT2D eigenvalue weighted by Crippen LogP contribution is -2.08. The monoisotopic (exact) mass is 409 g/mol. The van der Waals surface area contributed by atoms with Gasteiger partial charge in [0.2, 0.25) is 5.91 Å². The maximum absolute atomic E-state index is 12.2. The molecule has 0 aliphatic heterocycles. The molecule has 0 bridgehead atoms. The number of fused-ring (bicyclic) bond motifs is 1. The second-order valence-corrected chi connectivity index (χ2v) is 6.97. The summed E-state index contributed by atoms with van der Waals surface area (Å²) >= 11 is 3.39. The molecule has 26 heavy (non-hydrogen) atoms. The van der Waals surface area contributed by atoms with Gasteiger partial charge in [-0.25, -0.2) is 0 Å². The van der Waals surface area contributed by atoms with Gasteiger partial charge in [-0.3, -0.25) is 9.78 Å².